The molecule has 0 bridgehead atoms. The minimum absolute atomic E-state index is 0.0238. The molecule has 0 aliphatic carbocycles. The van der Waals surface area contributed by atoms with Gasteiger partial charge in [-0.1, -0.05) is 20.7 Å². The van der Waals surface area contributed by atoms with E-state index < -0.39 is 22.0 Å². The Balaban J connectivity index is 1.51. The van der Waals surface area contributed by atoms with E-state index in [0.29, 0.717) is 30.1 Å². The highest BCUT2D eigenvalue weighted by Gasteiger charge is 2.25. The standard InChI is InChI=1S/C21H26FN5O4S2/c1-26-8-2-9-27(11-10-26)33(29)17-5-3-15(4-6-17)19(25-31-16-7-12-30-14-16)20(28)24-21-23-13-18(22)32-21/h3-6,13,16H,2,7-12,14H2,1H3,(H,23,24,28)/p+1/b25-19+/t16-,33?/m1/s1. The van der Waals surface area contributed by atoms with Gasteiger partial charge in [0.1, 0.15) is 0 Å². The third-order valence-corrected chi connectivity index (χ3v) is 7.76. The largest absolute Gasteiger partial charge is 0.389 e. The van der Waals surface area contributed by atoms with Gasteiger partial charge >= 0.3 is 0 Å². The minimum atomic E-state index is -1.71. The minimum Gasteiger partial charge on any atom is -0.389 e. The molecule has 2 aliphatic heterocycles. The fourth-order valence-corrected chi connectivity index (χ4v) is 5.41. The number of likely N-dealkylation sites (N-methyl/N-ethyl adjacent to an activating group) is 1. The molecule has 2 saturated heterocycles. The number of ether oxygens (including phenoxy) is 1. The van der Waals surface area contributed by atoms with Gasteiger partial charge in [-0.25, -0.2) is 4.98 Å². The van der Waals surface area contributed by atoms with Crippen molar-refractivity contribution in [3.63, 3.8) is 0 Å². The van der Waals surface area contributed by atoms with Crippen LogP contribution in [-0.2, 0) is 29.6 Å². The van der Waals surface area contributed by atoms with Gasteiger partial charge in [0.2, 0.25) is 0 Å². The highest BCUT2D eigenvalue weighted by atomic mass is 32.2. The lowest BCUT2D eigenvalue weighted by Crippen LogP contribution is -2.30. The topological polar surface area (TPSA) is 96.4 Å². The SMILES string of the molecule is CN1CCCN([SH+](=O)c2ccc(/C(=N\O[C@@H]3CCOC3)C(=O)Nc3ncc(F)s3)cc2)CC1. The molecule has 1 aromatic heterocycles. The van der Waals surface area contributed by atoms with Crippen LogP contribution in [0.4, 0.5) is 9.52 Å². The number of amides is 1. The first-order valence-corrected chi connectivity index (χ1v) is 12.8. The molecule has 3 heterocycles. The van der Waals surface area contributed by atoms with Crippen LogP contribution in [0.2, 0.25) is 0 Å². The van der Waals surface area contributed by atoms with Crippen molar-refractivity contribution in [1.82, 2.24) is 14.2 Å². The summed E-state index contributed by atoms with van der Waals surface area (Å²) in [6.07, 6.45) is 2.45. The number of aromatic nitrogens is 1. The van der Waals surface area contributed by atoms with Crippen molar-refractivity contribution in [3.8, 4) is 0 Å². The molecule has 33 heavy (non-hydrogen) atoms. The van der Waals surface area contributed by atoms with Crippen LogP contribution in [0.1, 0.15) is 18.4 Å². The Morgan fingerprint density at radius 3 is 2.82 bits per heavy atom. The summed E-state index contributed by atoms with van der Waals surface area (Å²) in [6.45, 7) is 4.36. The fraction of sp³-hybridized carbons (Fsp3) is 0.476. The number of anilines is 1. The molecule has 2 atom stereocenters. The van der Waals surface area contributed by atoms with Crippen LogP contribution in [0.5, 0.6) is 0 Å². The molecule has 178 valence electrons. The summed E-state index contributed by atoms with van der Waals surface area (Å²) < 4.78 is 33.6. The van der Waals surface area contributed by atoms with Gasteiger partial charge in [-0.2, -0.15) is 4.39 Å². The number of thiazole rings is 1. The van der Waals surface area contributed by atoms with E-state index in [0.717, 1.165) is 50.1 Å². The molecule has 0 spiro atoms. The Morgan fingerprint density at radius 1 is 1.30 bits per heavy atom. The molecule has 1 N–H and O–H groups in total. The van der Waals surface area contributed by atoms with Crippen LogP contribution in [-0.4, -0.2) is 78.4 Å². The van der Waals surface area contributed by atoms with Crippen molar-refractivity contribution in [3.05, 3.63) is 41.2 Å². The van der Waals surface area contributed by atoms with Crippen LogP contribution < -0.4 is 5.32 Å². The molecule has 1 aromatic carbocycles. The first-order valence-electron chi connectivity index (χ1n) is 10.7. The Morgan fingerprint density at radius 2 is 2.12 bits per heavy atom. The zero-order valence-corrected chi connectivity index (χ0v) is 20.0. The summed E-state index contributed by atoms with van der Waals surface area (Å²) in [6, 6.07) is 6.88. The number of halogens is 1. The average molecular weight is 497 g/mol. The van der Waals surface area contributed by atoms with Crippen LogP contribution in [0.25, 0.3) is 0 Å². The summed E-state index contributed by atoms with van der Waals surface area (Å²) in [5.41, 5.74) is 0.516. The quantitative estimate of drug-likeness (QED) is 0.273. The lowest BCUT2D eigenvalue weighted by molar-refractivity contribution is -0.110. The Hall–Kier alpha value is -2.25. The molecular formula is C21H27FN5O4S2+. The summed E-state index contributed by atoms with van der Waals surface area (Å²) >= 11 is 0.723. The van der Waals surface area contributed by atoms with Crippen molar-refractivity contribution < 1.29 is 23.0 Å². The van der Waals surface area contributed by atoms with E-state index >= 15 is 0 Å². The van der Waals surface area contributed by atoms with Gasteiger partial charge in [0, 0.05) is 25.1 Å². The first-order chi connectivity index (χ1) is 16.0. The number of thiol groups is 1. The Labute approximate surface area is 198 Å². The molecule has 0 radical (unpaired) electrons. The number of nitrogens with one attached hydrogen (secondary N) is 1. The molecule has 9 nitrogen and oxygen atoms in total. The predicted molar refractivity (Wildman–Crippen MR) is 125 cm³/mol. The third-order valence-electron chi connectivity index (χ3n) is 5.41. The van der Waals surface area contributed by atoms with Gasteiger partial charge in [0.25, 0.3) is 5.91 Å². The summed E-state index contributed by atoms with van der Waals surface area (Å²) in [7, 11) is 0.356. The molecular weight excluding hydrogens is 469 g/mol. The second-order valence-electron chi connectivity index (χ2n) is 7.88. The van der Waals surface area contributed by atoms with Crippen molar-refractivity contribution in [1.29, 1.82) is 0 Å². The zero-order chi connectivity index (χ0) is 23.2. The average Bonchev–Trinajstić information content (AvgIpc) is 3.42. The molecule has 2 aliphatic rings. The van der Waals surface area contributed by atoms with Crippen LogP contribution in [0, 0.1) is 5.13 Å². The van der Waals surface area contributed by atoms with Crippen molar-refractivity contribution >= 4 is 39.1 Å². The monoisotopic (exact) mass is 496 g/mol. The molecule has 12 heteroatoms. The number of hydrogen-bond donors (Lipinski definition) is 1. The van der Waals surface area contributed by atoms with Crippen LogP contribution >= 0.6 is 11.3 Å². The molecule has 1 unspecified atom stereocenters. The summed E-state index contributed by atoms with van der Waals surface area (Å²) in [5, 5.41) is 6.26. The number of benzene rings is 1. The Bertz CT molecular complexity index is 1010. The highest BCUT2D eigenvalue weighted by Crippen LogP contribution is 2.19. The number of rotatable bonds is 7. The van der Waals surface area contributed by atoms with Crippen molar-refractivity contribution in [2.24, 2.45) is 5.16 Å². The second-order valence-corrected chi connectivity index (χ2v) is 10.5. The second kappa shape index (κ2) is 11.3. The van der Waals surface area contributed by atoms with E-state index in [9.17, 15) is 13.4 Å². The third kappa shape index (κ3) is 6.42. The molecule has 0 saturated carbocycles. The van der Waals surface area contributed by atoms with Gasteiger partial charge in [0.15, 0.2) is 38.0 Å². The molecule has 1 amide bonds. The van der Waals surface area contributed by atoms with Crippen LogP contribution in [0.3, 0.4) is 0 Å². The smallest absolute Gasteiger partial charge is 0.280 e. The lowest BCUT2D eigenvalue weighted by Gasteiger charge is -2.14. The summed E-state index contributed by atoms with van der Waals surface area (Å²) in [4.78, 5) is 25.1. The Kier molecular flexibility index (Phi) is 8.15. The molecule has 4 rings (SSSR count). The zero-order valence-electron chi connectivity index (χ0n) is 18.3. The highest BCUT2D eigenvalue weighted by molar-refractivity contribution is 7.82. The van der Waals surface area contributed by atoms with Crippen molar-refractivity contribution in [2.75, 3.05) is 51.8 Å². The molecule has 2 fully saturated rings. The fourth-order valence-electron chi connectivity index (χ4n) is 3.54. The van der Waals surface area contributed by atoms with E-state index in [-0.39, 0.29) is 16.9 Å². The number of oxime groups is 1. The van der Waals surface area contributed by atoms with Crippen molar-refractivity contribution in [2.45, 2.75) is 23.8 Å². The van der Waals surface area contributed by atoms with E-state index in [4.69, 9.17) is 9.57 Å². The maximum absolute atomic E-state index is 13.3. The van der Waals surface area contributed by atoms with Gasteiger partial charge < -0.3 is 14.5 Å². The summed E-state index contributed by atoms with van der Waals surface area (Å²) in [5.74, 6) is -0.573. The van der Waals surface area contributed by atoms with E-state index in [1.807, 2.05) is 4.31 Å². The van der Waals surface area contributed by atoms with E-state index in [1.165, 1.54) is 0 Å². The van der Waals surface area contributed by atoms with E-state index in [2.05, 4.69) is 27.4 Å². The maximum atomic E-state index is 13.3. The number of hydrogen-bond acceptors (Lipinski definition) is 8. The molecule has 2 aromatic rings. The normalized spacial score (nSPS) is 21.5. The van der Waals surface area contributed by atoms with Gasteiger partial charge in [-0.3, -0.25) is 10.1 Å². The van der Waals surface area contributed by atoms with Gasteiger partial charge in [0.05, 0.1) is 26.0 Å². The number of carbonyl (C=O) groups excluding carboxylic acids is 1. The predicted octanol–water partition coefficient (Wildman–Crippen LogP) is 2.04. The number of nitrogens with zero attached hydrogens (tertiary/aromatic N) is 4. The van der Waals surface area contributed by atoms with Gasteiger partial charge in [-0.15, -0.1) is 4.31 Å². The van der Waals surface area contributed by atoms with Gasteiger partial charge in [-0.05, 0) is 44.3 Å². The first kappa shape index (κ1) is 23.9. The maximum Gasteiger partial charge on any atom is 0.280 e. The van der Waals surface area contributed by atoms with E-state index in [1.54, 1.807) is 24.3 Å². The van der Waals surface area contributed by atoms with Crippen LogP contribution in [0.15, 0.2) is 40.5 Å². The number of carbonyl (C=O) groups is 1. The lowest BCUT2D eigenvalue weighted by atomic mass is 10.1.